The number of carbonyl (C=O) groups excluding carboxylic acids is 2. The van der Waals surface area contributed by atoms with E-state index in [0.717, 1.165) is 0 Å². The topological polar surface area (TPSA) is 64.6 Å². The summed E-state index contributed by atoms with van der Waals surface area (Å²) in [6.07, 6.45) is -0.710. The van der Waals surface area contributed by atoms with Gasteiger partial charge in [0, 0.05) is 5.69 Å². The standard InChI is InChI=1S/C12H15NO4/c1-8(2)17-11(14)9-4-6-10(7-5-9)13-12(15)16-3/h4-8H,1-3H3,(H,13,15). The SMILES string of the molecule is COC(=O)Nc1ccc(C(=O)OC(C)C)cc1. The van der Waals surface area contributed by atoms with E-state index in [1.807, 2.05) is 0 Å². The molecular weight excluding hydrogens is 222 g/mol. The molecule has 0 aliphatic carbocycles. The fourth-order valence-electron chi connectivity index (χ4n) is 1.14. The zero-order valence-corrected chi connectivity index (χ0v) is 10.0. The van der Waals surface area contributed by atoms with Gasteiger partial charge in [0.05, 0.1) is 18.8 Å². The number of hydrogen-bond acceptors (Lipinski definition) is 4. The first-order valence-corrected chi connectivity index (χ1v) is 5.19. The predicted molar refractivity (Wildman–Crippen MR) is 63.0 cm³/mol. The molecule has 0 spiro atoms. The molecule has 92 valence electrons. The molecule has 0 radical (unpaired) electrons. The van der Waals surface area contributed by atoms with Crippen molar-refractivity contribution < 1.29 is 19.1 Å². The van der Waals surface area contributed by atoms with Crippen molar-refractivity contribution in [1.82, 2.24) is 0 Å². The summed E-state index contributed by atoms with van der Waals surface area (Å²) in [6, 6.07) is 6.37. The van der Waals surface area contributed by atoms with E-state index < -0.39 is 6.09 Å². The third-order valence-electron chi connectivity index (χ3n) is 1.90. The lowest BCUT2D eigenvalue weighted by molar-refractivity contribution is 0.0378. The smallest absolute Gasteiger partial charge is 0.411 e. The van der Waals surface area contributed by atoms with Crippen molar-refractivity contribution in [3.05, 3.63) is 29.8 Å². The van der Waals surface area contributed by atoms with Crippen molar-refractivity contribution >= 4 is 17.7 Å². The number of hydrogen-bond donors (Lipinski definition) is 1. The summed E-state index contributed by atoms with van der Waals surface area (Å²) < 4.78 is 9.47. The Balaban J connectivity index is 2.67. The first-order chi connectivity index (χ1) is 8.02. The van der Waals surface area contributed by atoms with Gasteiger partial charge in [-0.25, -0.2) is 9.59 Å². The summed E-state index contributed by atoms with van der Waals surface area (Å²) in [5.41, 5.74) is 0.993. The van der Waals surface area contributed by atoms with Gasteiger partial charge in [-0.3, -0.25) is 5.32 Å². The van der Waals surface area contributed by atoms with Crippen molar-refractivity contribution in [2.45, 2.75) is 20.0 Å². The molecule has 0 aromatic heterocycles. The van der Waals surface area contributed by atoms with Crippen LogP contribution in [0.2, 0.25) is 0 Å². The van der Waals surface area contributed by atoms with E-state index in [1.165, 1.54) is 7.11 Å². The van der Waals surface area contributed by atoms with E-state index in [9.17, 15) is 9.59 Å². The Hall–Kier alpha value is -2.04. The summed E-state index contributed by atoms with van der Waals surface area (Å²) in [4.78, 5) is 22.4. The van der Waals surface area contributed by atoms with Gasteiger partial charge < -0.3 is 9.47 Å². The first kappa shape index (κ1) is 13.0. The molecule has 5 nitrogen and oxygen atoms in total. The molecule has 0 fully saturated rings. The van der Waals surface area contributed by atoms with Gasteiger partial charge in [-0.1, -0.05) is 0 Å². The number of carbonyl (C=O) groups is 2. The number of ether oxygens (including phenoxy) is 2. The third kappa shape index (κ3) is 4.14. The highest BCUT2D eigenvalue weighted by atomic mass is 16.5. The zero-order valence-electron chi connectivity index (χ0n) is 10.0. The van der Waals surface area contributed by atoms with Crippen LogP contribution in [0.15, 0.2) is 24.3 Å². The van der Waals surface area contributed by atoms with Crippen LogP contribution in [0, 0.1) is 0 Å². The number of rotatable bonds is 3. The summed E-state index contributed by atoms with van der Waals surface area (Å²) in [5.74, 6) is -0.385. The second-order valence-corrected chi connectivity index (χ2v) is 3.65. The van der Waals surface area contributed by atoms with Crippen LogP contribution >= 0.6 is 0 Å². The number of nitrogens with one attached hydrogen (secondary N) is 1. The quantitative estimate of drug-likeness (QED) is 0.820. The van der Waals surface area contributed by atoms with Crippen molar-refractivity contribution in [3.8, 4) is 0 Å². The van der Waals surface area contributed by atoms with Gasteiger partial charge in [0.25, 0.3) is 0 Å². The molecule has 0 bridgehead atoms. The predicted octanol–water partition coefficient (Wildman–Crippen LogP) is 2.43. The number of anilines is 1. The minimum atomic E-state index is -0.553. The Labute approximate surface area is 99.7 Å². The molecule has 1 aromatic rings. The molecule has 1 N–H and O–H groups in total. The fourth-order valence-corrected chi connectivity index (χ4v) is 1.14. The van der Waals surface area contributed by atoms with Gasteiger partial charge in [0.1, 0.15) is 0 Å². The van der Waals surface area contributed by atoms with E-state index in [1.54, 1.807) is 38.1 Å². The summed E-state index contributed by atoms with van der Waals surface area (Å²) in [7, 11) is 1.28. The van der Waals surface area contributed by atoms with Crippen molar-refractivity contribution in [1.29, 1.82) is 0 Å². The molecule has 5 heteroatoms. The van der Waals surface area contributed by atoms with Crippen LogP contribution in [0.25, 0.3) is 0 Å². The highest BCUT2D eigenvalue weighted by Gasteiger charge is 2.09. The molecule has 0 unspecified atom stereocenters. The number of methoxy groups -OCH3 is 1. The minimum Gasteiger partial charge on any atom is -0.459 e. The van der Waals surface area contributed by atoms with Crippen molar-refractivity contribution in [3.63, 3.8) is 0 Å². The van der Waals surface area contributed by atoms with Gasteiger partial charge in [0.15, 0.2) is 0 Å². The Morgan fingerprint density at radius 1 is 1.18 bits per heavy atom. The molecule has 17 heavy (non-hydrogen) atoms. The number of benzene rings is 1. The Morgan fingerprint density at radius 3 is 2.24 bits per heavy atom. The highest BCUT2D eigenvalue weighted by molar-refractivity contribution is 5.91. The van der Waals surface area contributed by atoms with Crippen LogP contribution in [0.5, 0.6) is 0 Å². The minimum absolute atomic E-state index is 0.157. The molecular formula is C12H15NO4. The number of amides is 1. The monoisotopic (exact) mass is 237 g/mol. The van der Waals surface area contributed by atoms with E-state index >= 15 is 0 Å². The van der Waals surface area contributed by atoms with Crippen LogP contribution in [0.3, 0.4) is 0 Å². The van der Waals surface area contributed by atoms with Gasteiger partial charge in [0.2, 0.25) is 0 Å². The van der Waals surface area contributed by atoms with Crippen LogP contribution in [-0.4, -0.2) is 25.3 Å². The lowest BCUT2D eigenvalue weighted by Crippen LogP contribution is -2.13. The lowest BCUT2D eigenvalue weighted by Gasteiger charge is -2.08. The number of esters is 1. The van der Waals surface area contributed by atoms with E-state index in [0.29, 0.717) is 11.3 Å². The molecule has 1 rings (SSSR count). The van der Waals surface area contributed by atoms with E-state index in [4.69, 9.17) is 4.74 Å². The second kappa shape index (κ2) is 5.89. The molecule has 0 saturated heterocycles. The maximum Gasteiger partial charge on any atom is 0.411 e. The van der Waals surface area contributed by atoms with Crippen LogP contribution in [0.1, 0.15) is 24.2 Å². The fraction of sp³-hybridized carbons (Fsp3) is 0.333. The summed E-state index contributed by atoms with van der Waals surface area (Å²) >= 11 is 0. The Bertz CT molecular complexity index is 397. The van der Waals surface area contributed by atoms with Crippen molar-refractivity contribution in [2.75, 3.05) is 12.4 Å². The van der Waals surface area contributed by atoms with Crippen LogP contribution in [-0.2, 0) is 9.47 Å². The molecule has 1 aromatic carbocycles. The molecule has 0 atom stereocenters. The molecule has 1 amide bonds. The lowest BCUT2D eigenvalue weighted by atomic mass is 10.2. The zero-order chi connectivity index (χ0) is 12.8. The Kier molecular flexibility index (Phi) is 4.51. The summed E-state index contributed by atoms with van der Waals surface area (Å²) in [5, 5.41) is 2.49. The molecule has 0 saturated carbocycles. The normalized spacial score (nSPS) is 9.88. The molecule has 0 heterocycles. The van der Waals surface area contributed by atoms with Crippen LogP contribution < -0.4 is 5.32 Å². The van der Waals surface area contributed by atoms with E-state index in [2.05, 4.69) is 10.1 Å². The Morgan fingerprint density at radius 2 is 1.76 bits per heavy atom. The maximum absolute atomic E-state index is 11.5. The van der Waals surface area contributed by atoms with Gasteiger partial charge >= 0.3 is 12.1 Å². The maximum atomic E-state index is 11.5. The molecule has 0 aliphatic rings. The van der Waals surface area contributed by atoms with Gasteiger partial charge in [-0.15, -0.1) is 0 Å². The van der Waals surface area contributed by atoms with Crippen LogP contribution in [0.4, 0.5) is 10.5 Å². The average Bonchev–Trinajstić information content (AvgIpc) is 2.28. The highest BCUT2D eigenvalue weighted by Crippen LogP contribution is 2.11. The second-order valence-electron chi connectivity index (χ2n) is 3.65. The molecule has 0 aliphatic heterocycles. The average molecular weight is 237 g/mol. The summed E-state index contributed by atoms with van der Waals surface area (Å²) in [6.45, 7) is 3.57. The third-order valence-corrected chi connectivity index (χ3v) is 1.90. The van der Waals surface area contributed by atoms with Gasteiger partial charge in [-0.2, -0.15) is 0 Å². The van der Waals surface area contributed by atoms with Gasteiger partial charge in [-0.05, 0) is 38.1 Å². The largest absolute Gasteiger partial charge is 0.459 e. The van der Waals surface area contributed by atoms with Crippen molar-refractivity contribution in [2.24, 2.45) is 0 Å². The van der Waals surface area contributed by atoms with E-state index in [-0.39, 0.29) is 12.1 Å². The first-order valence-electron chi connectivity index (χ1n) is 5.19.